The van der Waals surface area contributed by atoms with Crippen LogP contribution in [0.3, 0.4) is 0 Å². The highest BCUT2D eigenvalue weighted by Gasteiger charge is 1.96. The molecule has 0 aliphatic heterocycles. The van der Waals surface area contributed by atoms with Crippen LogP contribution in [-0.4, -0.2) is 39.6 Å². The Kier molecular flexibility index (Phi) is 29.8. The van der Waals surface area contributed by atoms with Crippen LogP contribution >= 0.6 is 0 Å². The molecule has 3 nitrogen and oxygen atoms in total. The zero-order valence-electron chi connectivity index (χ0n) is 21.6. The largest absolute Gasteiger partial charge is 0.379 e. The molecule has 0 aliphatic carbocycles. The monoisotopic (exact) mass is 442 g/mol. The summed E-state index contributed by atoms with van der Waals surface area (Å²) in [4.78, 5) is 0. The van der Waals surface area contributed by atoms with E-state index in [9.17, 15) is 0 Å². The molecule has 31 heavy (non-hydrogen) atoms. The van der Waals surface area contributed by atoms with Gasteiger partial charge in [-0.2, -0.15) is 0 Å². The summed E-state index contributed by atoms with van der Waals surface area (Å²) in [5, 5.41) is 0. The fourth-order valence-corrected chi connectivity index (χ4v) is 3.93. The van der Waals surface area contributed by atoms with Crippen LogP contribution < -0.4 is 0 Å². The van der Waals surface area contributed by atoms with Crippen molar-refractivity contribution in [3.8, 4) is 0 Å². The first-order chi connectivity index (χ1) is 15.4. The van der Waals surface area contributed by atoms with Crippen LogP contribution in [0.5, 0.6) is 0 Å². The van der Waals surface area contributed by atoms with E-state index in [4.69, 9.17) is 14.2 Å². The molecule has 0 aliphatic rings. The van der Waals surface area contributed by atoms with Crippen LogP contribution in [0.25, 0.3) is 0 Å². The summed E-state index contributed by atoms with van der Waals surface area (Å²) in [7, 11) is 0. The molecule has 0 spiro atoms. The first kappa shape index (κ1) is 30.9. The van der Waals surface area contributed by atoms with E-state index in [1.165, 1.54) is 128 Å². The molecule has 0 aromatic carbocycles. The second-order valence-electron chi connectivity index (χ2n) is 9.20. The van der Waals surface area contributed by atoms with Crippen LogP contribution in [0.15, 0.2) is 0 Å². The lowest BCUT2D eigenvalue weighted by molar-refractivity contribution is 0.0132. The highest BCUT2D eigenvalue weighted by Crippen LogP contribution is 2.13. The Hall–Kier alpha value is -0.120. The van der Waals surface area contributed by atoms with Gasteiger partial charge in [0.1, 0.15) is 0 Å². The summed E-state index contributed by atoms with van der Waals surface area (Å²) in [6, 6.07) is 0. The topological polar surface area (TPSA) is 27.7 Å². The van der Waals surface area contributed by atoms with Gasteiger partial charge in [0.05, 0.1) is 26.4 Å². The minimum atomic E-state index is 0.693. The highest BCUT2D eigenvalue weighted by atomic mass is 16.5. The molecule has 0 aromatic heterocycles. The van der Waals surface area contributed by atoms with E-state index in [1.807, 2.05) is 0 Å². The summed E-state index contributed by atoms with van der Waals surface area (Å²) in [5.74, 6) is 0. The number of unbranched alkanes of at least 4 members (excludes halogenated alkanes) is 18. The predicted molar refractivity (Wildman–Crippen MR) is 136 cm³/mol. The van der Waals surface area contributed by atoms with Gasteiger partial charge in [-0.05, 0) is 12.8 Å². The van der Waals surface area contributed by atoms with Gasteiger partial charge < -0.3 is 14.2 Å². The summed E-state index contributed by atoms with van der Waals surface area (Å²) in [6.45, 7) is 9.13. The van der Waals surface area contributed by atoms with E-state index >= 15 is 0 Å². The maximum absolute atomic E-state index is 5.67. The molecule has 0 unspecified atom stereocenters. The molecule has 0 aromatic rings. The normalized spacial score (nSPS) is 11.4. The number of rotatable bonds is 28. The molecule has 188 valence electrons. The van der Waals surface area contributed by atoms with E-state index in [0.717, 1.165) is 19.8 Å². The average Bonchev–Trinajstić information content (AvgIpc) is 2.78. The van der Waals surface area contributed by atoms with E-state index in [1.54, 1.807) is 0 Å². The summed E-state index contributed by atoms with van der Waals surface area (Å²) in [5.41, 5.74) is 0. The SMILES string of the molecule is CCCCCCCCCCCCCCCCOCCOCCOCCCCCCCC. The molecule has 0 saturated heterocycles. The molecular weight excluding hydrogens is 384 g/mol. The molecule has 0 fully saturated rings. The molecule has 0 saturated carbocycles. The Morgan fingerprint density at radius 2 is 0.484 bits per heavy atom. The van der Waals surface area contributed by atoms with E-state index in [2.05, 4.69) is 13.8 Å². The Morgan fingerprint density at radius 3 is 0.774 bits per heavy atom. The first-order valence-corrected chi connectivity index (χ1v) is 14.1. The molecule has 3 heteroatoms. The molecule has 0 atom stereocenters. The lowest BCUT2D eigenvalue weighted by atomic mass is 10.0. The van der Waals surface area contributed by atoms with Crippen molar-refractivity contribution in [2.24, 2.45) is 0 Å². The van der Waals surface area contributed by atoms with Crippen molar-refractivity contribution < 1.29 is 14.2 Å². The van der Waals surface area contributed by atoms with Gasteiger partial charge in [0.25, 0.3) is 0 Å². The van der Waals surface area contributed by atoms with Gasteiger partial charge in [-0.25, -0.2) is 0 Å². The molecule has 0 heterocycles. The smallest absolute Gasteiger partial charge is 0.0701 e. The highest BCUT2D eigenvalue weighted by molar-refractivity contribution is 4.49. The molecule has 0 radical (unpaired) electrons. The van der Waals surface area contributed by atoms with Crippen molar-refractivity contribution in [1.29, 1.82) is 0 Å². The standard InChI is InChI=1S/C28H58O3/c1-3-5-7-9-11-12-13-14-15-16-17-18-20-22-24-30-26-28-31-27-25-29-23-21-19-10-8-6-4-2/h3-28H2,1-2H3. The molecule has 0 bridgehead atoms. The fraction of sp³-hybridized carbons (Fsp3) is 1.00. The maximum atomic E-state index is 5.67. The van der Waals surface area contributed by atoms with E-state index < -0.39 is 0 Å². The second kappa shape index (κ2) is 29.9. The van der Waals surface area contributed by atoms with Gasteiger partial charge in [-0.3, -0.25) is 0 Å². The third kappa shape index (κ3) is 29.9. The first-order valence-electron chi connectivity index (χ1n) is 14.1. The minimum Gasteiger partial charge on any atom is -0.379 e. The Bertz CT molecular complexity index is 268. The van der Waals surface area contributed by atoms with Gasteiger partial charge in [-0.15, -0.1) is 0 Å². The fourth-order valence-electron chi connectivity index (χ4n) is 3.93. The van der Waals surface area contributed by atoms with Gasteiger partial charge >= 0.3 is 0 Å². The lowest BCUT2D eigenvalue weighted by Gasteiger charge is -2.07. The number of hydrogen-bond acceptors (Lipinski definition) is 3. The second-order valence-corrected chi connectivity index (χ2v) is 9.20. The minimum absolute atomic E-state index is 0.693. The zero-order valence-corrected chi connectivity index (χ0v) is 21.6. The van der Waals surface area contributed by atoms with Crippen LogP contribution in [0.1, 0.15) is 142 Å². The van der Waals surface area contributed by atoms with Gasteiger partial charge in [-0.1, -0.05) is 129 Å². The van der Waals surface area contributed by atoms with Gasteiger partial charge in [0, 0.05) is 13.2 Å². The van der Waals surface area contributed by atoms with Gasteiger partial charge in [0.2, 0.25) is 0 Å². The van der Waals surface area contributed by atoms with Crippen molar-refractivity contribution in [2.45, 2.75) is 142 Å². The van der Waals surface area contributed by atoms with Crippen LogP contribution in [0, 0.1) is 0 Å². The Balaban J connectivity index is 2.98. The lowest BCUT2D eigenvalue weighted by Crippen LogP contribution is -2.10. The van der Waals surface area contributed by atoms with Crippen molar-refractivity contribution in [3.63, 3.8) is 0 Å². The zero-order chi connectivity index (χ0) is 22.5. The molecule has 0 N–H and O–H groups in total. The average molecular weight is 443 g/mol. The van der Waals surface area contributed by atoms with Gasteiger partial charge in [0.15, 0.2) is 0 Å². The summed E-state index contributed by atoms with van der Waals surface area (Å²) >= 11 is 0. The van der Waals surface area contributed by atoms with E-state index in [-0.39, 0.29) is 0 Å². The van der Waals surface area contributed by atoms with Crippen molar-refractivity contribution in [1.82, 2.24) is 0 Å². The third-order valence-corrected chi connectivity index (χ3v) is 6.03. The third-order valence-electron chi connectivity index (χ3n) is 6.03. The summed E-state index contributed by atoms with van der Waals surface area (Å²) in [6.07, 6.45) is 27.5. The van der Waals surface area contributed by atoms with Crippen LogP contribution in [0.4, 0.5) is 0 Å². The molecule has 0 rings (SSSR count). The molecule has 0 amide bonds. The number of hydrogen-bond donors (Lipinski definition) is 0. The van der Waals surface area contributed by atoms with Crippen molar-refractivity contribution in [2.75, 3.05) is 39.6 Å². The maximum Gasteiger partial charge on any atom is 0.0701 e. The van der Waals surface area contributed by atoms with Crippen molar-refractivity contribution >= 4 is 0 Å². The molecular formula is C28H58O3. The van der Waals surface area contributed by atoms with Crippen LogP contribution in [0.2, 0.25) is 0 Å². The van der Waals surface area contributed by atoms with Crippen LogP contribution in [-0.2, 0) is 14.2 Å². The Labute approximate surface area is 196 Å². The number of ether oxygens (including phenoxy) is 3. The Morgan fingerprint density at radius 1 is 0.258 bits per heavy atom. The van der Waals surface area contributed by atoms with Crippen molar-refractivity contribution in [3.05, 3.63) is 0 Å². The summed E-state index contributed by atoms with van der Waals surface area (Å²) < 4.78 is 16.8. The van der Waals surface area contributed by atoms with E-state index in [0.29, 0.717) is 19.8 Å². The predicted octanol–water partition coefficient (Wildman–Crippen LogP) is 8.88. The quantitative estimate of drug-likeness (QED) is 0.113.